The van der Waals surface area contributed by atoms with Gasteiger partial charge in [-0.25, -0.2) is 19.3 Å². The third-order valence-electron chi connectivity index (χ3n) is 5.68. The first kappa shape index (κ1) is 20.5. The first-order valence-corrected chi connectivity index (χ1v) is 10.2. The van der Waals surface area contributed by atoms with E-state index in [1.54, 1.807) is 37.5 Å². The van der Waals surface area contributed by atoms with Gasteiger partial charge in [0.1, 0.15) is 11.9 Å². The molecule has 0 spiro atoms. The zero-order valence-electron chi connectivity index (χ0n) is 17.2. The number of nitrogens with zero attached hydrogens (tertiary/aromatic N) is 5. The number of likely N-dealkylation sites (tertiary alicyclic amines) is 1. The Morgan fingerprint density at radius 2 is 1.97 bits per heavy atom. The Morgan fingerprint density at radius 3 is 2.69 bits per heavy atom. The molecule has 0 unspecified atom stereocenters. The van der Waals surface area contributed by atoms with Crippen molar-refractivity contribution < 1.29 is 23.6 Å². The van der Waals surface area contributed by atoms with Crippen LogP contribution in [-0.2, 0) is 15.1 Å². The molecule has 0 bridgehead atoms. The van der Waals surface area contributed by atoms with E-state index in [1.807, 2.05) is 0 Å². The second-order valence-corrected chi connectivity index (χ2v) is 7.89. The molecule has 2 N–H and O–H groups in total. The van der Waals surface area contributed by atoms with E-state index < -0.39 is 23.7 Å². The van der Waals surface area contributed by atoms with Gasteiger partial charge in [0.15, 0.2) is 5.76 Å². The third kappa shape index (κ3) is 3.59. The van der Waals surface area contributed by atoms with Crippen molar-refractivity contribution in [2.45, 2.75) is 24.2 Å². The molecule has 32 heavy (non-hydrogen) atoms. The molecule has 3 aromatic rings. The summed E-state index contributed by atoms with van der Waals surface area (Å²) in [7, 11) is 1.63. The SMILES string of the molecule is CN1CC[C@@](O)(c2cc(-c3cccc(-c4ccnc(N[C@@H]5COC[C@H]5F)n4)n3)no2)C1=O. The zero-order valence-corrected chi connectivity index (χ0v) is 17.2. The number of hydrogen-bond donors (Lipinski definition) is 2. The van der Waals surface area contributed by atoms with Crippen LogP contribution in [0.1, 0.15) is 12.2 Å². The highest BCUT2D eigenvalue weighted by Crippen LogP contribution is 2.34. The quantitative estimate of drug-likeness (QED) is 0.605. The number of alkyl halides is 1. The molecule has 0 aliphatic carbocycles. The summed E-state index contributed by atoms with van der Waals surface area (Å²) in [5.41, 5.74) is 0.235. The van der Waals surface area contributed by atoms with Gasteiger partial charge in [-0.2, -0.15) is 0 Å². The molecule has 166 valence electrons. The number of halogens is 1. The number of likely N-dealkylation sites (N-methyl/N-ethyl adjacent to an activating group) is 1. The van der Waals surface area contributed by atoms with Gasteiger partial charge in [0.05, 0.1) is 36.3 Å². The van der Waals surface area contributed by atoms with E-state index in [4.69, 9.17) is 9.26 Å². The summed E-state index contributed by atoms with van der Waals surface area (Å²) >= 11 is 0. The highest BCUT2D eigenvalue weighted by Gasteiger charge is 2.48. The van der Waals surface area contributed by atoms with E-state index in [0.29, 0.717) is 29.3 Å². The van der Waals surface area contributed by atoms with E-state index in [0.717, 1.165) is 0 Å². The Hall–Kier alpha value is -3.44. The molecular weight excluding hydrogens is 419 g/mol. The van der Waals surface area contributed by atoms with Crippen molar-refractivity contribution in [1.82, 2.24) is 25.0 Å². The lowest BCUT2D eigenvalue weighted by atomic mass is 9.98. The Labute approximate surface area is 182 Å². The fourth-order valence-electron chi connectivity index (χ4n) is 3.79. The van der Waals surface area contributed by atoms with Crippen molar-refractivity contribution >= 4 is 11.9 Å². The number of rotatable bonds is 5. The van der Waals surface area contributed by atoms with Crippen LogP contribution >= 0.6 is 0 Å². The summed E-state index contributed by atoms with van der Waals surface area (Å²) in [6.07, 6.45) is 0.674. The van der Waals surface area contributed by atoms with Gasteiger partial charge >= 0.3 is 0 Å². The molecule has 3 aromatic heterocycles. The summed E-state index contributed by atoms with van der Waals surface area (Å²) in [5, 5.41) is 17.7. The minimum absolute atomic E-state index is 0.0532. The Kier molecular flexibility index (Phi) is 5.06. The molecular formula is C21H21FN6O4. The number of nitrogens with one attached hydrogen (secondary N) is 1. The van der Waals surface area contributed by atoms with E-state index in [9.17, 15) is 14.3 Å². The van der Waals surface area contributed by atoms with Gasteiger partial charge in [0.25, 0.3) is 5.91 Å². The maximum Gasteiger partial charge on any atom is 0.262 e. The molecule has 2 aliphatic heterocycles. The average Bonchev–Trinajstić information content (AvgIpc) is 3.52. The molecule has 0 aromatic carbocycles. The van der Waals surface area contributed by atoms with E-state index in [-0.39, 0.29) is 31.3 Å². The predicted molar refractivity (Wildman–Crippen MR) is 110 cm³/mol. The summed E-state index contributed by atoms with van der Waals surface area (Å²) in [6, 6.07) is 8.02. The summed E-state index contributed by atoms with van der Waals surface area (Å²) in [4.78, 5) is 26.9. The highest BCUT2D eigenvalue weighted by atomic mass is 19.1. The number of carbonyl (C=O) groups is 1. The minimum Gasteiger partial charge on any atom is -0.376 e. The number of aromatic nitrogens is 4. The second kappa shape index (κ2) is 7.92. The lowest BCUT2D eigenvalue weighted by molar-refractivity contribution is -0.144. The number of hydrogen-bond acceptors (Lipinski definition) is 9. The second-order valence-electron chi connectivity index (χ2n) is 7.89. The molecule has 2 aliphatic rings. The van der Waals surface area contributed by atoms with Crippen LogP contribution in [0.4, 0.5) is 10.3 Å². The van der Waals surface area contributed by atoms with Crippen LogP contribution in [0, 0.1) is 0 Å². The van der Waals surface area contributed by atoms with Crippen molar-refractivity contribution in [1.29, 1.82) is 0 Å². The molecule has 3 atom stereocenters. The molecule has 10 nitrogen and oxygen atoms in total. The van der Waals surface area contributed by atoms with Gasteiger partial charge in [-0.3, -0.25) is 4.79 Å². The lowest BCUT2D eigenvalue weighted by Crippen LogP contribution is -2.35. The van der Waals surface area contributed by atoms with Crippen molar-refractivity contribution in [2.24, 2.45) is 0 Å². The first-order valence-electron chi connectivity index (χ1n) is 10.2. The molecule has 11 heteroatoms. The van der Waals surface area contributed by atoms with Gasteiger partial charge in [-0.05, 0) is 18.2 Å². The summed E-state index contributed by atoms with van der Waals surface area (Å²) in [5.74, 6) is -0.0593. The number of amides is 1. The Morgan fingerprint density at radius 1 is 1.19 bits per heavy atom. The van der Waals surface area contributed by atoms with Crippen molar-refractivity contribution in [3.8, 4) is 22.8 Å². The smallest absolute Gasteiger partial charge is 0.262 e. The minimum atomic E-state index is -1.72. The number of carbonyl (C=O) groups excluding carboxylic acids is 1. The van der Waals surface area contributed by atoms with E-state index >= 15 is 0 Å². The molecule has 0 radical (unpaired) electrons. The van der Waals surface area contributed by atoms with Crippen LogP contribution in [-0.4, -0.2) is 75.0 Å². The molecule has 5 heterocycles. The van der Waals surface area contributed by atoms with Crippen molar-refractivity contribution in [2.75, 3.05) is 32.1 Å². The molecule has 2 saturated heterocycles. The van der Waals surface area contributed by atoms with Crippen molar-refractivity contribution in [3.63, 3.8) is 0 Å². The van der Waals surface area contributed by atoms with Crippen LogP contribution < -0.4 is 5.32 Å². The topological polar surface area (TPSA) is 126 Å². The summed E-state index contributed by atoms with van der Waals surface area (Å²) in [6.45, 7) is 0.735. The molecule has 2 fully saturated rings. The highest BCUT2D eigenvalue weighted by molar-refractivity contribution is 5.87. The van der Waals surface area contributed by atoms with E-state index in [1.165, 1.54) is 11.0 Å². The number of pyridine rings is 1. The predicted octanol–water partition coefficient (Wildman–Crippen LogP) is 1.39. The zero-order chi connectivity index (χ0) is 22.3. The largest absolute Gasteiger partial charge is 0.376 e. The fourth-order valence-corrected chi connectivity index (χ4v) is 3.79. The van der Waals surface area contributed by atoms with Gasteiger partial charge < -0.3 is 24.6 Å². The van der Waals surface area contributed by atoms with Crippen LogP contribution in [0.25, 0.3) is 22.8 Å². The molecule has 1 amide bonds. The average molecular weight is 440 g/mol. The number of aliphatic hydroxyl groups is 1. The number of anilines is 1. The fraction of sp³-hybridized carbons (Fsp3) is 0.381. The van der Waals surface area contributed by atoms with Gasteiger partial charge in [-0.1, -0.05) is 11.2 Å². The van der Waals surface area contributed by atoms with Gasteiger partial charge in [0, 0.05) is 32.3 Å². The van der Waals surface area contributed by atoms with Crippen LogP contribution in [0.2, 0.25) is 0 Å². The first-order chi connectivity index (χ1) is 15.4. The maximum atomic E-state index is 13.8. The number of ether oxygens (including phenoxy) is 1. The van der Waals surface area contributed by atoms with Crippen LogP contribution in [0.5, 0.6) is 0 Å². The normalized spacial score (nSPS) is 25.5. The Balaban J connectivity index is 1.40. The lowest BCUT2D eigenvalue weighted by Gasteiger charge is -2.16. The molecule has 5 rings (SSSR count). The third-order valence-corrected chi connectivity index (χ3v) is 5.68. The monoisotopic (exact) mass is 440 g/mol. The maximum absolute atomic E-state index is 13.8. The standard InChI is InChI=1S/C21H21FN6O4/c1-28-8-6-21(30,19(28)29)18-9-16(27-32-18)14-4-2-3-13(24-14)15-5-7-23-20(25-15)26-17-11-31-10-12(17)22/h2-5,7,9,12,17,30H,6,8,10-11H2,1H3,(H,23,25,26)/t12-,17-,21-/m1/s1. The summed E-state index contributed by atoms with van der Waals surface area (Å²) < 4.78 is 24.2. The van der Waals surface area contributed by atoms with Crippen molar-refractivity contribution in [3.05, 3.63) is 42.3 Å². The van der Waals surface area contributed by atoms with Crippen LogP contribution in [0.15, 0.2) is 41.1 Å². The van der Waals surface area contributed by atoms with Gasteiger partial charge in [-0.15, -0.1) is 0 Å². The van der Waals surface area contributed by atoms with Crippen LogP contribution in [0.3, 0.4) is 0 Å². The molecule has 0 saturated carbocycles. The Bertz CT molecular complexity index is 1160. The van der Waals surface area contributed by atoms with Gasteiger partial charge in [0.2, 0.25) is 11.5 Å². The van der Waals surface area contributed by atoms with E-state index in [2.05, 4.69) is 25.4 Å².